The average Bonchev–Trinajstić information content (AvgIpc) is 2.86. The van der Waals surface area contributed by atoms with Gasteiger partial charge in [-0.15, -0.1) is 0 Å². The first kappa shape index (κ1) is 29.6. The minimum Gasteiger partial charge on any atom is -0.324 e. The summed E-state index contributed by atoms with van der Waals surface area (Å²) in [5.41, 5.74) is 8.07. The second-order valence-corrected chi connectivity index (χ2v) is 12.2. The van der Waals surface area contributed by atoms with Crippen molar-refractivity contribution in [3.05, 3.63) is 76.4 Å². The molecule has 0 fully saturated rings. The van der Waals surface area contributed by atoms with Crippen molar-refractivity contribution in [2.45, 2.75) is 84.5 Å². The SMILES string of the molecule is CCCCCCc1ccc(-c2ccc(CCCCCP(=O)(O)O)nc2-c2cccc(Cl)c2)cc1CCC. The van der Waals surface area contributed by atoms with E-state index in [1.807, 2.05) is 18.2 Å². The average molecular weight is 542 g/mol. The predicted molar refractivity (Wildman–Crippen MR) is 156 cm³/mol. The predicted octanol–water partition coefficient (Wildman–Crippen LogP) is 9.03. The van der Waals surface area contributed by atoms with E-state index in [1.54, 1.807) is 0 Å². The third kappa shape index (κ3) is 9.69. The van der Waals surface area contributed by atoms with Crippen molar-refractivity contribution in [3.8, 4) is 22.4 Å². The van der Waals surface area contributed by atoms with Crippen LogP contribution in [-0.4, -0.2) is 20.9 Å². The molecule has 0 saturated heterocycles. The van der Waals surface area contributed by atoms with E-state index in [0.717, 1.165) is 61.0 Å². The van der Waals surface area contributed by atoms with E-state index >= 15 is 0 Å². The minimum absolute atomic E-state index is 0.0537. The molecule has 1 aromatic heterocycles. The van der Waals surface area contributed by atoms with Gasteiger partial charge in [0.15, 0.2) is 0 Å². The van der Waals surface area contributed by atoms with E-state index in [1.165, 1.54) is 42.4 Å². The van der Waals surface area contributed by atoms with Crippen molar-refractivity contribution in [1.29, 1.82) is 0 Å². The lowest BCUT2D eigenvalue weighted by Gasteiger charge is -2.15. The Kier molecular flexibility index (Phi) is 11.9. The summed E-state index contributed by atoms with van der Waals surface area (Å²) in [7, 11) is -3.92. The molecule has 4 nitrogen and oxygen atoms in total. The number of hydrogen-bond donors (Lipinski definition) is 2. The Morgan fingerprint density at radius 1 is 0.757 bits per heavy atom. The number of pyridine rings is 1. The number of nitrogens with zero attached hydrogens (tertiary/aromatic N) is 1. The van der Waals surface area contributed by atoms with E-state index in [-0.39, 0.29) is 6.16 Å². The standard InChI is InChI=1S/C31H41ClNO3P/c1-3-5-6-8-13-24-17-18-26(22-25(24)12-4-2)30-20-19-29(16-9-7-10-21-37(34,35)36)33-31(30)27-14-11-15-28(32)23-27/h11,14-15,17-20,22-23H,3-10,12-13,16,21H2,1-2H3,(H2,34,35,36). The molecule has 2 N–H and O–H groups in total. The zero-order valence-electron chi connectivity index (χ0n) is 22.3. The molecule has 1 heterocycles. The Hall–Kier alpha value is -1.97. The quantitative estimate of drug-likeness (QED) is 0.149. The second-order valence-electron chi connectivity index (χ2n) is 9.95. The maximum absolute atomic E-state index is 11.1. The Morgan fingerprint density at radius 2 is 1.54 bits per heavy atom. The number of benzene rings is 2. The van der Waals surface area contributed by atoms with E-state index in [2.05, 4.69) is 50.2 Å². The van der Waals surface area contributed by atoms with Gasteiger partial charge in [0.05, 0.1) is 5.69 Å². The highest BCUT2D eigenvalue weighted by molar-refractivity contribution is 7.51. The third-order valence-corrected chi connectivity index (χ3v) is 7.90. The van der Waals surface area contributed by atoms with Gasteiger partial charge in [0.2, 0.25) is 0 Å². The van der Waals surface area contributed by atoms with Gasteiger partial charge in [-0.2, -0.15) is 0 Å². The van der Waals surface area contributed by atoms with Crippen LogP contribution in [-0.2, 0) is 23.8 Å². The van der Waals surface area contributed by atoms with Gasteiger partial charge < -0.3 is 9.79 Å². The molecule has 0 bridgehead atoms. The van der Waals surface area contributed by atoms with Gasteiger partial charge in [-0.05, 0) is 73.4 Å². The molecule has 37 heavy (non-hydrogen) atoms. The summed E-state index contributed by atoms with van der Waals surface area (Å²) in [6, 6.07) is 19.0. The molecule has 0 aliphatic heterocycles. The minimum atomic E-state index is -3.92. The zero-order valence-corrected chi connectivity index (χ0v) is 23.9. The molecule has 3 aromatic rings. The first-order chi connectivity index (χ1) is 17.8. The number of hydrogen-bond acceptors (Lipinski definition) is 2. The molecule has 3 rings (SSSR count). The molecule has 0 unspecified atom stereocenters. The van der Waals surface area contributed by atoms with E-state index in [4.69, 9.17) is 26.4 Å². The van der Waals surface area contributed by atoms with Crippen LogP contribution in [0.15, 0.2) is 54.6 Å². The Bertz CT molecular complexity index is 1190. The van der Waals surface area contributed by atoms with E-state index in [9.17, 15) is 4.57 Å². The van der Waals surface area contributed by atoms with Crippen LogP contribution in [0, 0.1) is 0 Å². The van der Waals surface area contributed by atoms with Crippen molar-refractivity contribution in [1.82, 2.24) is 4.98 Å². The van der Waals surface area contributed by atoms with Gasteiger partial charge >= 0.3 is 7.60 Å². The lowest BCUT2D eigenvalue weighted by molar-refractivity contribution is 0.371. The maximum Gasteiger partial charge on any atom is 0.325 e. The van der Waals surface area contributed by atoms with Gasteiger partial charge in [0.25, 0.3) is 0 Å². The smallest absolute Gasteiger partial charge is 0.324 e. The van der Waals surface area contributed by atoms with Crippen molar-refractivity contribution in [3.63, 3.8) is 0 Å². The van der Waals surface area contributed by atoms with Crippen LogP contribution >= 0.6 is 19.2 Å². The number of rotatable bonds is 15. The van der Waals surface area contributed by atoms with E-state index in [0.29, 0.717) is 11.4 Å². The van der Waals surface area contributed by atoms with Crippen molar-refractivity contribution >= 4 is 19.2 Å². The zero-order chi connectivity index (χ0) is 26.7. The van der Waals surface area contributed by atoms with Gasteiger partial charge in [0.1, 0.15) is 0 Å². The molecule has 200 valence electrons. The molecule has 0 spiro atoms. The molecular weight excluding hydrogens is 501 g/mol. The summed E-state index contributed by atoms with van der Waals surface area (Å²) in [6.45, 7) is 4.49. The molecule has 6 heteroatoms. The summed E-state index contributed by atoms with van der Waals surface area (Å²) in [5, 5.41) is 0.683. The Morgan fingerprint density at radius 3 is 2.27 bits per heavy atom. The first-order valence-electron chi connectivity index (χ1n) is 13.7. The van der Waals surface area contributed by atoms with Crippen molar-refractivity contribution in [2.24, 2.45) is 0 Å². The van der Waals surface area contributed by atoms with Crippen LogP contribution in [0.1, 0.15) is 82.0 Å². The molecule has 0 amide bonds. The van der Waals surface area contributed by atoms with Crippen LogP contribution in [0.5, 0.6) is 0 Å². The van der Waals surface area contributed by atoms with Crippen molar-refractivity contribution in [2.75, 3.05) is 6.16 Å². The van der Waals surface area contributed by atoms with Gasteiger partial charge in [-0.3, -0.25) is 9.55 Å². The molecule has 0 atom stereocenters. The summed E-state index contributed by atoms with van der Waals surface area (Å²) in [4.78, 5) is 23.2. The summed E-state index contributed by atoms with van der Waals surface area (Å²) >= 11 is 6.35. The Balaban J connectivity index is 1.88. The highest BCUT2D eigenvalue weighted by atomic mass is 35.5. The molecule has 0 saturated carbocycles. The maximum atomic E-state index is 11.1. The van der Waals surface area contributed by atoms with Crippen LogP contribution in [0.3, 0.4) is 0 Å². The number of halogens is 1. The molecule has 0 aliphatic rings. The normalized spacial score (nSPS) is 11.7. The van der Waals surface area contributed by atoms with Crippen LogP contribution < -0.4 is 0 Å². The van der Waals surface area contributed by atoms with Crippen LogP contribution in [0.25, 0.3) is 22.4 Å². The van der Waals surface area contributed by atoms with Crippen LogP contribution in [0.2, 0.25) is 5.02 Å². The molecule has 0 radical (unpaired) electrons. The van der Waals surface area contributed by atoms with Crippen LogP contribution in [0.4, 0.5) is 0 Å². The van der Waals surface area contributed by atoms with Gasteiger partial charge in [-0.25, -0.2) is 0 Å². The Labute approximate surface area is 227 Å². The second kappa shape index (κ2) is 14.8. The summed E-state index contributed by atoms with van der Waals surface area (Å²) in [5.74, 6) is 0. The fourth-order valence-electron chi connectivity index (χ4n) is 4.81. The fourth-order valence-corrected chi connectivity index (χ4v) is 5.64. The first-order valence-corrected chi connectivity index (χ1v) is 15.9. The van der Waals surface area contributed by atoms with E-state index < -0.39 is 7.60 Å². The van der Waals surface area contributed by atoms with Gasteiger partial charge in [-0.1, -0.05) is 94.0 Å². The monoisotopic (exact) mass is 541 g/mol. The van der Waals surface area contributed by atoms with Gasteiger partial charge in [0, 0.05) is 28.0 Å². The highest BCUT2D eigenvalue weighted by Gasteiger charge is 2.14. The number of aryl methyl sites for hydroxylation is 3. The molecule has 2 aromatic carbocycles. The number of unbranched alkanes of at least 4 members (excludes halogenated alkanes) is 5. The summed E-state index contributed by atoms with van der Waals surface area (Å²) in [6.07, 6.45) is 11.2. The topological polar surface area (TPSA) is 70.4 Å². The molecule has 0 aliphatic carbocycles. The lowest BCUT2D eigenvalue weighted by Crippen LogP contribution is -1.99. The number of aromatic nitrogens is 1. The lowest BCUT2D eigenvalue weighted by atomic mass is 9.92. The summed E-state index contributed by atoms with van der Waals surface area (Å²) < 4.78 is 11.1. The van der Waals surface area contributed by atoms with Crippen molar-refractivity contribution < 1.29 is 14.4 Å². The highest BCUT2D eigenvalue weighted by Crippen LogP contribution is 2.36. The fraction of sp³-hybridized carbons (Fsp3) is 0.452. The third-order valence-electron chi connectivity index (χ3n) is 6.77. The largest absolute Gasteiger partial charge is 0.325 e. The molecular formula is C31H41ClNO3P.